The van der Waals surface area contributed by atoms with Gasteiger partial charge in [0.2, 0.25) is 0 Å². The summed E-state index contributed by atoms with van der Waals surface area (Å²) in [5, 5.41) is 0. The van der Waals surface area contributed by atoms with Crippen molar-refractivity contribution < 1.29 is 19.1 Å². The van der Waals surface area contributed by atoms with Crippen LogP contribution in [0.4, 0.5) is 0 Å². The molecule has 0 aromatic heterocycles. The molecular weight excluding hydrogens is 352 g/mol. The number of aryl methyl sites for hydroxylation is 2. The lowest BCUT2D eigenvalue weighted by molar-refractivity contribution is -0.167. The zero-order chi connectivity index (χ0) is 21.1. The molecule has 2 rings (SSSR count). The Labute approximate surface area is 170 Å². The first-order chi connectivity index (χ1) is 12.9. The Morgan fingerprint density at radius 2 is 1.50 bits per heavy atom. The summed E-state index contributed by atoms with van der Waals surface area (Å²) >= 11 is 0. The highest BCUT2D eigenvalue weighted by molar-refractivity contribution is 5.76. The minimum atomic E-state index is -0.664. The van der Waals surface area contributed by atoms with Gasteiger partial charge in [0.1, 0.15) is 11.7 Å². The second-order valence-corrected chi connectivity index (χ2v) is 9.42. The largest absolute Gasteiger partial charge is 0.462 e. The summed E-state index contributed by atoms with van der Waals surface area (Å²) in [6.45, 7) is 13.8. The molecule has 1 aliphatic carbocycles. The number of rotatable bonds is 6. The van der Waals surface area contributed by atoms with E-state index in [1.807, 2.05) is 34.6 Å². The zero-order valence-corrected chi connectivity index (χ0v) is 18.6. The van der Waals surface area contributed by atoms with Crippen LogP contribution in [0, 0.1) is 25.2 Å². The normalized spacial score (nSPS) is 20.5. The molecule has 1 fully saturated rings. The molecule has 1 saturated carbocycles. The number of benzene rings is 1. The maximum Gasteiger partial charge on any atom is 0.311 e. The molecule has 4 nitrogen and oxygen atoms in total. The van der Waals surface area contributed by atoms with Gasteiger partial charge in [-0.25, -0.2) is 0 Å². The molecule has 0 heterocycles. The Morgan fingerprint density at radius 1 is 0.964 bits per heavy atom. The lowest BCUT2D eigenvalue weighted by Crippen LogP contribution is -2.35. The molecule has 0 bridgehead atoms. The number of hydrogen-bond donors (Lipinski definition) is 0. The maximum absolute atomic E-state index is 12.8. The van der Waals surface area contributed by atoms with Gasteiger partial charge in [0, 0.05) is 0 Å². The summed E-state index contributed by atoms with van der Waals surface area (Å²) in [5.41, 5.74) is 2.23. The predicted octanol–water partition coefficient (Wildman–Crippen LogP) is 5.62. The first-order valence-corrected chi connectivity index (χ1v) is 10.5. The standard InChI is InChI=1S/C24H36O4/c1-8-23(4,5)22(26)27-20-11-9-18(10-12-20)21(25)28-24(6,7)19-14-16(2)13-17(3)15-19/h13-15,18,20H,8-12H2,1-7H3. The van der Waals surface area contributed by atoms with Gasteiger partial charge in [-0.3, -0.25) is 9.59 Å². The third kappa shape index (κ3) is 5.59. The van der Waals surface area contributed by atoms with Crippen molar-refractivity contribution in [1.82, 2.24) is 0 Å². The van der Waals surface area contributed by atoms with E-state index in [1.165, 1.54) is 0 Å². The second-order valence-electron chi connectivity index (χ2n) is 9.42. The maximum atomic E-state index is 12.8. The Hall–Kier alpha value is -1.84. The van der Waals surface area contributed by atoms with Gasteiger partial charge in [-0.2, -0.15) is 0 Å². The first-order valence-electron chi connectivity index (χ1n) is 10.5. The molecule has 4 heteroatoms. The van der Waals surface area contributed by atoms with Gasteiger partial charge in [0.25, 0.3) is 0 Å². The smallest absolute Gasteiger partial charge is 0.311 e. The molecular formula is C24H36O4. The molecule has 1 aliphatic rings. The highest BCUT2D eigenvalue weighted by Crippen LogP contribution is 2.33. The summed E-state index contributed by atoms with van der Waals surface area (Å²) < 4.78 is 11.6. The summed E-state index contributed by atoms with van der Waals surface area (Å²) in [7, 11) is 0. The van der Waals surface area contributed by atoms with Crippen molar-refractivity contribution in [2.75, 3.05) is 0 Å². The molecule has 0 N–H and O–H groups in total. The Kier molecular flexibility index (Phi) is 6.95. The first kappa shape index (κ1) is 22.4. The van der Waals surface area contributed by atoms with Gasteiger partial charge in [0.05, 0.1) is 11.3 Å². The van der Waals surface area contributed by atoms with Crippen molar-refractivity contribution in [3.8, 4) is 0 Å². The highest BCUT2D eigenvalue weighted by atomic mass is 16.6. The van der Waals surface area contributed by atoms with Crippen LogP contribution in [0.15, 0.2) is 18.2 Å². The fraction of sp³-hybridized carbons (Fsp3) is 0.667. The number of ether oxygens (including phenoxy) is 2. The van der Waals surface area contributed by atoms with Crippen molar-refractivity contribution in [1.29, 1.82) is 0 Å². The molecule has 1 aromatic rings. The third-order valence-electron chi connectivity index (χ3n) is 5.99. The summed E-state index contributed by atoms with van der Waals surface area (Å²) in [4.78, 5) is 25.0. The number of esters is 2. The summed E-state index contributed by atoms with van der Waals surface area (Å²) in [6, 6.07) is 6.27. The van der Waals surface area contributed by atoms with Crippen LogP contribution >= 0.6 is 0 Å². The van der Waals surface area contributed by atoms with Crippen LogP contribution < -0.4 is 0 Å². The number of hydrogen-bond acceptors (Lipinski definition) is 4. The molecule has 0 atom stereocenters. The minimum absolute atomic E-state index is 0.0881. The van der Waals surface area contributed by atoms with E-state index in [-0.39, 0.29) is 24.0 Å². The molecule has 0 aliphatic heterocycles. The average Bonchev–Trinajstić information content (AvgIpc) is 2.61. The number of carbonyl (C=O) groups is 2. The van der Waals surface area contributed by atoms with Crippen LogP contribution in [-0.2, 0) is 24.7 Å². The van der Waals surface area contributed by atoms with Crippen molar-refractivity contribution in [2.24, 2.45) is 11.3 Å². The molecule has 0 amide bonds. The molecule has 0 spiro atoms. The van der Waals surface area contributed by atoms with E-state index in [1.54, 1.807) is 0 Å². The van der Waals surface area contributed by atoms with Crippen LogP contribution in [0.2, 0.25) is 0 Å². The molecule has 0 radical (unpaired) electrons. The van der Waals surface area contributed by atoms with Crippen LogP contribution in [-0.4, -0.2) is 18.0 Å². The van der Waals surface area contributed by atoms with Gasteiger partial charge in [-0.15, -0.1) is 0 Å². The van der Waals surface area contributed by atoms with Crippen molar-refractivity contribution in [3.05, 3.63) is 34.9 Å². The molecule has 1 aromatic carbocycles. The Morgan fingerprint density at radius 3 is 2.00 bits per heavy atom. The Balaban J connectivity index is 1.92. The fourth-order valence-electron chi connectivity index (χ4n) is 3.59. The lowest BCUT2D eigenvalue weighted by Gasteiger charge is -2.33. The summed E-state index contributed by atoms with van der Waals surface area (Å²) in [6.07, 6.45) is 3.50. The van der Waals surface area contributed by atoms with Gasteiger partial charge >= 0.3 is 11.9 Å². The third-order valence-corrected chi connectivity index (χ3v) is 5.99. The Bertz CT molecular complexity index is 689. The average molecular weight is 389 g/mol. The highest BCUT2D eigenvalue weighted by Gasteiger charge is 2.35. The SMILES string of the molecule is CCC(C)(C)C(=O)OC1CCC(C(=O)OC(C)(C)c2cc(C)cc(C)c2)CC1. The van der Waals surface area contributed by atoms with Crippen molar-refractivity contribution in [3.63, 3.8) is 0 Å². The molecule has 156 valence electrons. The fourth-order valence-corrected chi connectivity index (χ4v) is 3.59. The molecule has 0 saturated heterocycles. The van der Waals surface area contributed by atoms with Crippen LogP contribution in [0.5, 0.6) is 0 Å². The minimum Gasteiger partial charge on any atom is -0.462 e. The quantitative estimate of drug-likeness (QED) is 0.594. The van der Waals surface area contributed by atoms with Crippen molar-refractivity contribution >= 4 is 11.9 Å². The van der Waals surface area contributed by atoms with E-state index in [0.29, 0.717) is 12.8 Å². The van der Waals surface area contributed by atoms with E-state index in [2.05, 4.69) is 32.0 Å². The second kappa shape index (κ2) is 8.67. The van der Waals surface area contributed by atoms with Gasteiger partial charge in [-0.05, 0) is 79.2 Å². The van der Waals surface area contributed by atoms with E-state index in [4.69, 9.17) is 9.47 Å². The van der Waals surface area contributed by atoms with Crippen LogP contribution in [0.1, 0.15) is 83.4 Å². The van der Waals surface area contributed by atoms with Crippen molar-refractivity contribution in [2.45, 2.75) is 92.3 Å². The monoisotopic (exact) mass is 388 g/mol. The number of carbonyl (C=O) groups excluding carboxylic acids is 2. The van der Waals surface area contributed by atoms with E-state index < -0.39 is 11.0 Å². The topological polar surface area (TPSA) is 52.6 Å². The van der Waals surface area contributed by atoms with E-state index >= 15 is 0 Å². The van der Waals surface area contributed by atoms with Gasteiger partial charge in [0.15, 0.2) is 0 Å². The van der Waals surface area contributed by atoms with Crippen LogP contribution in [0.3, 0.4) is 0 Å². The zero-order valence-electron chi connectivity index (χ0n) is 18.6. The van der Waals surface area contributed by atoms with Crippen LogP contribution in [0.25, 0.3) is 0 Å². The van der Waals surface area contributed by atoms with Gasteiger partial charge in [-0.1, -0.05) is 36.2 Å². The predicted molar refractivity (Wildman–Crippen MR) is 111 cm³/mol. The van der Waals surface area contributed by atoms with E-state index in [9.17, 15) is 9.59 Å². The molecule has 0 unspecified atom stereocenters. The van der Waals surface area contributed by atoms with Gasteiger partial charge < -0.3 is 9.47 Å². The lowest BCUT2D eigenvalue weighted by atomic mass is 9.86. The van der Waals surface area contributed by atoms with E-state index in [0.717, 1.165) is 36.0 Å². The summed E-state index contributed by atoms with van der Waals surface area (Å²) in [5.74, 6) is -0.417. The molecule has 28 heavy (non-hydrogen) atoms.